The molecule has 2 aromatic heterocycles. The van der Waals surface area contributed by atoms with E-state index in [9.17, 15) is 9.90 Å². The molecule has 1 unspecified atom stereocenters. The van der Waals surface area contributed by atoms with Gasteiger partial charge >= 0.3 is 0 Å². The third-order valence-electron chi connectivity index (χ3n) is 3.47. The van der Waals surface area contributed by atoms with Crippen LogP contribution in [-0.2, 0) is 11.5 Å². The summed E-state index contributed by atoms with van der Waals surface area (Å²) in [5.74, 6) is 0.576. The molecule has 0 saturated heterocycles. The largest absolute Gasteiger partial charge is 0.491 e. The third-order valence-corrected chi connectivity index (χ3v) is 4.33. The maximum absolute atomic E-state index is 11.9. The molecule has 0 saturated carbocycles. The monoisotopic (exact) mass is 443 g/mol. The second-order valence-corrected chi connectivity index (χ2v) is 6.44. The smallest absolute Gasteiger partial charge is 0.280 e. The molecule has 2 heterocycles. The van der Waals surface area contributed by atoms with Gasteiger partial charge in [0.15, 0.2) is 15.9 Å². The van der Waals surface area contributed by atoms with E-state index in [0.717, 1.165) is 0 Å². The fraction of sp³-hybridized carbons (Fsp3) is 0.267. The van der Waals surface area contributed by atoms with Crippen LogP contribution >= 0.6 is 27.5 Å². The van der Waals surface area contributed by atoms with E-state index in [0.29, 0.717) is 15.5 Å². The number of aromatic nitrogens is 4. The van der Waals surface area contributed by atoms with Gasteiger partial charge in [0.25, 0.3) is 5.56 Å². The Labute approximate surface area is 160 Å². The molecule has 11 heteroatoms. The lowest BCUT2D eigenvalue weighted by molar-refractivity contribution is -0.0444. The van der Waals surface area contributed by atoms with Crippen molar-refractivity contribution in [2.45, 2.75) is 12.8 Å². The number of rotatable bonds is 7. The number of nitrogens with zero attached hydrogens (tertiary/aromatic N) is 3. The molecule has 9 nitrogen and oxygen atoms in total. The highest BCUT2D eigenvalue weighted by molar-refractivity contribution is 9.10. The number of imidazole rings is 1. The molecule has 0 radical (unpaired) electrons. The molecule has 3 rings (SSSR count). The van der Waals surface area contributed by atoms with Crippen molar-refractivity contribution in [2.75, 3.05) is 18.9 Å². The molecule has 3 aromatic rings. The van der Waals surface area contributed by atoms with Crippen molar-refractivity contribution in [1.82, 2.24) is 19.5 Å². The highest BCUT2D eigenvalue weighted by Gasteiger charge is 2.16. The molecular weight excluding hydrogens is 430 g/mol. The van der Waals surface area contributed by atoms with Crippen LogP contribution in [0.5, 0.6) is 5.75 Å². The summed E-state index contributed by atoms with van der Waals surface area (Å²) < 4.78 is 13.1. The van der Waals surface area contributed by atoms with Gasteiger partial charge in [-0.2, -0.15) is 4.98 Å². The molecular formula is C15H15BrClN5O4. The van der Waals surface area contributed by atoms with Gasteiger partial charge in [-0.25, -0.2) is 4.98 Å². The van der Waals surface area contributed by atoms with Crippen LogP contribution in [0.3, 0.4) is 0 Å². The second kappa shape index (κ2) is 8.04. The Bertz CT molecular complexity index is 959. The molecule has 1 atom stereocenters. The van der Waals surface area contributed by atoms with Crippen LogP contribution in [-0.4, -0.2) is 43.9 Å². The third kappa shape index (κ3) is 4.15. The maximum Gasteiger partial charge on any atom is 0.280 e. The first-order valence-corrected chi connectivity index (χ1v) is 8.67. The van der Waals surface area contributed by atoms with E-state index in [1.54, 1.807) is 24.3 Å². The number of hydrogen-bond donors (Lipinski definition) is 3. The first-order chi connectivity index (χ1) is 12.5. The summed E-state index contributed by atoms with van der Waals surface area (Å²) in [4.78, 5) is 22.4. The average molecular weight is 445 g/mol. The predicted octanol–water partition coefficient (Wildman–Crippen LogP) is 1.53. The Morgan fingerprint density at radius 1 is 1.35 bits per heavy atom. The quantitative estimate of drug-likeness (QED) is 0.471. The number of nitrogen functional groups attached to an aromatic ring is 1. The van der Waals surface area contributed by atoms with Crippen molar-refractivity contribution in [3.63, 3.8) is 0 Å². The minimum absolute atomic E-state index is 0.0117. The van der Waals surface area contributed by atoms with Gasteiger partial charge in [0.05, 0.1) is 6.61 Å². The molecule has 138 valence electrons. The average Bonchev–Trinajstić information content (AvgIpc) is 2.93. The van der Waals surface area contributed by atoms with Crippen molar-refractivity contribution in [1.29, 1.82) is 0 Å². The van der Waals surface area contributed by atoms with Gasteiger partial charge < -0.3 is 20.3 Å². The second-order valence-electron chi connectivity index (χ2n) is 5.30. The Morgan fingerprint density at radius 2 is 2.08 bits per heavy atom. The molecule has 4 N–H and O–H groups in total. The number of fused-ring (bicyclic) bond motifs is 1. The molecule has 0 bridgehead atoms. The fourth-order valence-electron chi connectivity index (χ4n) is 2.17. The van der Waals surface area contributed by atoms with E-state index in [2.05, 4.69) is 30.9 Å². The number of aliphatic hydroxyl groups is 1. The minimum atomic E-state index is -0.602. The van der Waals surface area contributed by atoms with Crippen LogP contribution in [0.25, 0.3) is 11.2 Å². The number of H-pyrrole nitrogens is 1. The Morgan fingerprint density at radius 3 is 2.77 bits per heavy atom. The number of aromatic amines is 1. The van der Waals surface area contributed by atoms with Crippen LogP contribution in [0.4, 0.5) is 5.95 Å². The lowest BCUT2D eigenvalue weighted by Gasteiger charge is -2.17. The van der Waals surface area contributed by atoms with Crippen LogP contribution in [0, 0.1) is 0 Å². The predicted molar refractivity (Wildman–Crippen MR) is 99.2 cm³/mol. The molecule has 0 aliphatic rings. The molecule has 0 aliphatic carbocycles. The first kappa shape index (κ1) is 18.6. The normalized spacial score (nSPS) is 12.4. The number of nitrogens with one attached hydrogen (secondary N) is 1. The topological polar surface area (TPSA) is 128 Å². The van der Waals surface area contributed by atoms with Gasteiger partial charge in [-0.3, -0.25) is 14.3 Å². The molecule has 26 heavy (non-hydrogen) atoms. The van der Waals surface area contributed by atoms with E-state index >= 15 is 0 Å². The number of nitrogens with two attached hydrogens (primary N) is 1. The van der Waals surface area contributed by atoms with Gasteiger partial charge in [-0.1, -0.05) is 11.6 Å². The molecule has 0 aliphatic heterocycles. The lowest BCUT2D eigenvalue weighted by Crippen LogP contribution is -2.27. The van der Waals surface area contributed by atoms with Crippen molar-refractivity contribution >= 4 is 44.6 Å². The number of halogens is 2. The van der Waals surface area contributed by atoms with E-state index in [-0.39, 0.29) is 37.1 Å². The highest BCUT2D eigenvalue weighted by atomic mass is 79.9. The zero-order chi connectivity index (χ0) is 18.7. The van der Waals surface area contributed by atoms with E-state index in [1.165, 1.54) is 4.57 Å². The SMILES string of the molecule is Nc1nc2c(nc(Br)n2COC(CO)COc2ccc(Cl)cc2)c(=O)[nH]1. The van der Waals surface area contributed by atoms with Gasteiger partial charge in [-0.05, 0) is 40.2 Å². The number of aliphatic hydroxyl groups excluding tert-OH is 1. The van der Waals surface area contributed by atoms with Crippen LogP contribution in [0.2, 0.25) is 5.02 Å². The maximum atomic E-state index is 11.9. The fourth-order valence-corrected chi connectivity index (χ4v) is 2.74. The van der Waals surface area contributed by atoms with Gasteiger partial charge in [0, 0.05) is 5.02 Å². The number of ether oxygens (including phenoxy) is 2. The molecule has 1 aromatic carbocycles. The summed E-state index contributed by atoms with van der Waals surface area (Å²) in [5.41, 5.74) is 5.53. The zero-order valence-electron chi connectivity index (χ0n) is 13.4. The number of hydrogen-bond acceptors (Lipinski definition) is 7. The Kier molecular flexibility index (Phi) is 5.77. The Hall–Kier alpha value is -2.14. The van der Waals surface area contributed by atoms with E-state index in [4.69, 9.17) is 26.8 Å². The van der Waals surface area contributed by atoms with E-state index < -0.39 is 11.7 Å². The van der Waals surface area contributed by atoms with Crippen molar-refractivity contribution in [2.24, 2.45) is 0 Å². The molecule has 0 fully saturated rings. The van der Waals surface area contributed by atoms with Crippen LogP contribution < -0.4 is 16.0 Å². The van der Waals surface area contributed by atoms with Crippen LogP contribution in [0.15, 0.2) is 33.8 Å². The van der Waals surface area contributed by atoms with Gasteiger partial charge in [0.2, 0.25) is 5.95 Å². The number of anilines is 1. The van der Waals surface area contributed by atoms with Crippen LogP contribution in [0.1, 0.15) is 0 Å². The van der Waals surface area contributed by atoms with Crippen molar-refractivity contribution < 1.29 is 14.6 Å². The number of benzene rings is 1. The highest BCUT2D eigenvalue weighted by Crippen LogP contribution is 2.18. The zero-order valence-corrected chi connectivity index (χ0v) is 15.7. The molecule has 0 spiro atoms. The van der Waals surface area contributed by atoms with Crippen molar-refractivity contribution in [3.8, 4) is 5.75 Å². The van der Waals surface area contributed by atoms with Crippen molar-refractivity contribution in [3.05, 3.63) is 44.4 Å². The van der Waals surface area contributed by atoms with E-state index in [1.807, 2.05) is 0 Å². The molecule has 0 amide bonds. The Balaban J connectivity index is 1.68. The standard InChI is InChI=1S/C15H15BrClN5O4/c16-14-19-11-12(20-15(18)21-13(11)24)22(14)7-26-10(5-23)6-25-9-3-1-8(17)2-4-9/h1-4,10,23H,5-7H2,(H3,18,20,21,24). The summed E-state index contributed by atoms with van der Waals surface area (Å²) in [5, 5.41) is 10.1. The summed E-state index contributed by atoms with van der Waals surface area (Å²) in [6.07, 6.45) is -0.602. The summed E-state index contributed by atoms with van der Waals surface area (Å²) in [7, 11) is 0. The summed E-state index contributed by atoms with van der Waals surface area (Å²) in [6.45, 7) is -0.144. The van der Waals surface area contributed by atoms with Gasteiger partial charge in [0.1, 0.15) is 25.2 Å². The summed E-state index contributed by atoms with van der Waals surface area (Å²) in [6, 6.07) is 6.84. The summed E-state index contributed by atoms with van der Waals surface area (Å²) >= 11 is 9.08. The van der Waals surface area contributed by atoms with Gasteiger partial charge in [-0.15, -0.1) is 0 Å². The minimum Gasteiger partial charge on any atom is -0.491 e. The lowest BCUT2D eigenvalue weighted by atomic mass is 10.3. The first-order valence-electron chi connectivity index (χ1n) is 7.50.